The Morgan fingerprint density at radius 3 is 2.06 bits per heavy atom. The fourth-order valence-electron chi connectivity index (χ4n) is 3.34. The number of carbonyl (C=O) groups is 2. The molecular weight excluding hydrogens is 504 g/mol. The van der Waals surface area contributed by atoms with Gasteiger partial charge in [0, 0.05) is 51.0 Å². The number of fused-ring (bicyclic) bond motifs is 1. The highest BCUT2D eigenvalue weighted by Crippen LogP contribution is 2.30. The van der Waals surface area contributed by atoms with Crippen molar-refractivity contribution in [3.8, 4) is 5.75 Å². The molecule has 1 aliphatic heterocycles. The van der Waals surface area contributed by atoms with Crippen molar-refractivity contribution in [2.24, 2.45) is 7.05 Å². The molecule has 2 aromatic rings. The predicted octanol–water partition coefficient (Wildman–Crippen LogP) is 3.44. The van der Waals surface area contributed by atoms with E-state index in [1.807, 2.05) is 18.5 Å². The molecule has 0 amide bonds. The molecule has 202 valence electrons. The third kappa shape index (κ3) is 9.37. The molecule has 0 radical (unpaired) electrons. The second-order valence-corrected chi connectivity index (χ2v) is 7.43. The van der Waals surface area contributed by atoms with Crippen molar-refractivity contribution in [2.45, 2.75) is 31.4 Å². The molecule has 1 atom stereocenters. The minimum Gasteiger partial charge on any atom is -0.496 e. The van der Waals surface area contributed by atoms with Gasteiger partial charge < -0.3 is 24.3 Å². The van der Waals surface area contributed by atoms with E-state index in [2.05, 4.69) is 33.6 Å². The maximum Gasteiger partial charge on any atom is 0.490 e. The number of halogens is 6. The van der Waals surface area contributed by atoms with Crippen molar-refractivity contribution in [2.75, 3.05) is 27.4 Å². The smallest absolute Gasteiger partial charge is 0.490 e. The van der Waals surface area contributed by atoms with E-state index in [0.717, 1.165) is 37.7 Å². The summed E-state index contributed by atoms with van der Waals surface area (Å²) in [6.45, 7) is 3.42. The summed E-state index contributed by atoms with van der Waals surface area (Å²) in [5.74, 6) is -4.21. The van der Waals surface area contributed by atoms with Crippen LogP contribution < -0.4 is 4.74 Å². The van der Waals surface area contributed by atoms with Crippen LogP contribution in [0.15, 0.2) is 30.6 Å². The Balaban J connectivity index is 0.000000383. The highest BCUT2D eigenvalue weighted by atomic mass is 19.4. The number of alkyl halides is 6. The van der Waals surface area contributed by atoms with Crippen LogP contribution in [0.1, 0.15) is 22.9 Å². The van der Waals surface area contributed by atoms with Gasteiger partial charge in [0.15, 0.2) is 0 Å². The lowest BCUT2D eigenvalue weighted by Gasteiger charge is -2.32. The number of aromatic nitrogens is 2. The van der Waals surface area contributed by atoms with Crippen LogP contribution in [0, 0.1) is 0 Å². The van der Waals surface area contributed by atoms with Gasteiger partial charge in [-0.25, -0.2) is 14.6 Å². The Morgan fingerprint density at radius 1 is 1.06 bits per heavy atom. The Hall–Kier alpha value is -3.33. The van der Waals surface area contributed by atoms with Gasteiger partial charge in [0.25, 0.3) is 0 Å². The summed E-state index contributed by atoms with van der Waals surface area (Å²) < 4.78 is 76.5. The first kappa shape index (κ1) is 30.7. The fourth-order valence-corrected chi connectivity index (χ4v) is 3.34. The number of hydrogen-bond acceptors (Lipinski definition) is 6. The molecule has 0 saturated carbocycles. The Kier molecular flexibility index (Phi) is 11.2. The minimum atomic E-state index is -5.08. The van der Waals surface area contributed by atoms with Crippen molar-refractivity contribution in [1.29, 1.82) is 0 Å². The van der Waals surface area contributed by atoms with Crippen LogP contribution in [0.5, 0.6) is 5.75 Å². The second-order valence-electron chi connectivity index (χ2n) is 7.43. The number of hydrogen-bond donors (Lipinski definition) is 2. The van der Waals surface area contributed by atoms with Crippen LogP contribution in [0.4, 0.5) is 26.3 Å². The average Bonchev–Trinajstić information content (AvgIpc) is 3.14. The van der Waals surface area contributed by atoms with Gasteiger partial charge in [-0.05, 0) is 6.07 Å². The molecule has 2 heterocycles. The summed E-state index contributed by atoms with van der Waals surface area (Å²) in [4.78, 5) is 24.8. The van der Waals surface area contributed by atoms with Gasteiger partial charge in [0.05, 0.1) is 25.7 Å². The van der Waals surface area contributed by atoms with Crippen molar-refractivity contribution < 1.29 is 55.6 Å². The first-order valence-electron chi connectivity index (χ1n) is 10.0. The standard InChI is InChI=1S/C17H23N3O2.2C2HF3O2/c1-19-12-18-15-10-20(9-14(11-21-2)17(15)19)8-13-6-4-5-7-16(13)22-3;2*3-2(4,5)1(6)7/h4-7,12,14H,8-11H2,1-3H3;2*(H,6,7). The molecule has 0 spiro atoms. The van der Waals surface area contributed by atoms with Crippen molar-refractivity contribution in [1.82, 2.24) is 14.5 Å². The molecule has 9 nitrogen and oxygen atoms in total. The molecule has 0 saturated heterocycles. The minimum absolute atomic E-state index is 0.357. The molecule has 1 aliphatic rings. The number of benzene rings is 1. The van der Waals surface area contributed by atoms with Gasteiger partial charge in [-0.1, -0.05) is 18.2 Å². The van der Waals surface area contributed by atoms with E-state index >= 15 is 0 Å². The van der Waals surface area contributed by atoms with Crippen LogP contribution in [-0.2, 0) is 34.5 Å². The summed E-state index contributed by atoms with van der Waals surface area (Å²) >= 11 is 0. The third-order valence-corrected chi connectivity index (χ3v) is 4.74. The molecule has 2 N–H and O–H groups in total. The van der Waals surface area contributed by atoms with E-state index in [1.54, 1.807) is 14.2 Å². The van der Waals surface area contributed by atoms with Crippen LogP contribution in [0.2, 0.25) is 0 Å². The van der Waals surface area contributed by atoms with E-state index in [9.17, 15) is 26.3 Å². The first-order chi connectivity index (χ1) is 16.6. The fraction of sp³-hybridized carbons (Fsp3) is 0.476. The number of ether oxygens (including phenoxy) is 2. The zero-order valence-electron chi connectivity index (χ0n) is 19.4. The number of aliphatic carboxylic acids is 2. The molecule has 1 unspecified atom stereocenters. The number of nitrogens with zero attached hydrogens (tertiary/aromatic N) is 3. The van der Waals surface area contributed by atoms with Crippen LogP contribution >= 0.6 is 0 Å². The number of carboxylic acid groups (broad SMARTS) is 2. The molecule has 15 heteroatoms. The van der Waals surface area contributed by atoms with E-state index in [1.165, 1.54) is 11.3 Å². The van der Waals surface area contributed by atoms with Gasteiger partial charge in [0.1, 0.15) is 5.75 Å². The molecule has 0 aliphatic carbocycles. The summed E-state index contributed by atoms with van der Waals surface area (Å²) in [5, 5.41) is 14.2. The molecule has 1 aromatic heterocycles. The zero-order chi connectivity index (χ0) is 27.7. The maximum absolute atomic E-state index is 10.6. The van der Waals surface area contributed by atoms with Crippen LogP contribution in [0.25, 0.3) is 0 Å². The van der Waals surface area contributed by atoms with E-state index < -0.39 is 24.3 Å². The zero-order valence-corrected chi connectivity index (χ0v) is 19.4. The van der Waals surface area contributed by atoms with Crippen LogP contribution in [0.3, 0.4) is 0 Å². The number of imidazole rings is 1. The van der Waals surface area contributed by atoms with Crippen molar-refractivity contribution in [3.05, 3.63) is 47.5 Å². The van der Waals surface area contributed by atoms with Gasteiger partial charge in [-0.15, -0.1) is 0 Å². The normalized spacial score (nSPS) is 15.5. The van der Waals surface area contributed by atoms with Crippen molar-refractivity contribution >= 4 is 11.9 Å². The average molecular weight is 529 g/mol. The molecular formula is C21H25F6N3O6. The van der Waals surface area contributed by atoms with Crippen molar-refractivity contribution in [3.63, 3.8) is 0 Å². The Morgan fingerprint density at radius 2 is 1.58 bits per heavy atom. The lowest BCUT2D eigenvalue weighted by molar-refractivity contribution is -0.193. The predicted molar refractivity (Wildman–Crippen MR) is 112 cm³/mol. The number of rotatable bonds is 5. The first-order valence-corrected chi connectivity index (χ1v) is 10.0. The largest absolute Gasteiger partial charge is 0.496 e. The summed E-state index contributed by atoms with van der Waals surface area (Å²) in [6.07, 6.45) is -8.26. The second kappa shape index (κ2) is 13.1. The highest BCUT2D eigenvalue weighted by molar-refractivity contribution is 5.73. The van der Waals surface area contributed by atoms with E-state index in [0.29, 0.717) is 5.92 Å². The molecule has 3 rings (SSSR count). The molecule has 0 fully saturated rings. The van der Waals surface area contributed by atoms with E-state index in [4.69, 9.17) is 29.3 Å². The van der Waals surface area contributed by atoms with Gasteiger partial charge in [-0.2, -0.15) is 26.3 Å². The van der Waals surface area contributed by atoms with Crippen LogP contribution in [-0.4, -0.2) is 76.3 Å². The number of para-hydroxylation sites is 1. The quantitative estimate of drug-likeness (QED) is 0.567. The van der Waals surface area contributed by atoms with Gasteiger partial charge in [0.2, 0.25) is 0 Å². The van der Waals surface area contributed by atoms with Gasteiger partial charge in [-0.3, -0.25) is 4.90 Å². The lowest BCUT2D eigenvalue weighted by atomic mass is 9.98. The number of aryl methyl sites for hydroxylation is 1. The molecule has 0 bridgehead atoms. The highest BCUT2D eigenvalue weighted by Gasteiger charge is 2.38. The Bertz CT molecular complexity index is 985. The molecule has 1 aromatic carbocycles. The van der Waals surface area contributed by atoms with E-state index in [-0.39, 0.29) is 0 Å². The molecule has 36 heavy (non-hydrogen) atoms. The Labute approximate surface area is 201 Å². The number of carboxylic acids is 2. The number of methoxy groups -OCH3 is 2. The SMILES string of the molecule is COCC1CN(Cc2ccccc2OC)Cc2ncn(C)c21.O=C(O)C(F)(F)F.O=C(O)C(F)(F)F. The maximum atomic E-state index is 10.6. The summed E-state index contributed by atoms with van der Waals surface area (Å²) in [7, 11) is 5.54. The summed E-state index contributed by atoms with van der Waals surface area (Å²) in [5.41, 5.74) is 3.67. The topological polar surface area (TPSA) is 114 Å². The lowest BCUT2D eigenvalue weighted by Crippen LogP contribution is -2.35. The third-order valence-electron chi connectivity index (χ3n) is 4.74. The monoisotopic (exact) mass is 529 g/mol. The summed E-state index contributed by atoms with van der Waals surface area (Å²) in [6, 6.07) is 8.19. The van der Waals surface area contributed by atoms with Gasteiger partial charge >= 0.3 is 24.3 Å².